The lowest BCUT2D eigenvalue weighted by Gasteiger charge is -2.34. The molecule has 2 aromatic rings. The molecule has 0 aliphatic heterocycles. The standard InChI is InChI=1S/C20H35FN5O6PS2.C2H6/c1-8-30-17-15-16(24-18(22)25-17)26(12-23-15)20(6,21)13(2)14(29-7)11-32-33(27,28)31-9-10-34-35-19(3,4)5;1-2/h12-14H,8-11H2,1-7H3,(H,27,28)(H2,22,24,25);1-2H3/t13-,14?,20+;/m1./s1. The second-order valence-electron chi connectivity index (χ2n) is 8.81. The monoisotopic (exact) mass is 585 g/mol. The fraction of sp³-hybridized carbons (Fsp3) is 0.773. The smallest absolute Gasteiger partial charge is 0.472 e. The highest BCUT2D eigenvalue weighted by atomic mass is 33.1. The number of rotatable bonds is 14. The number of methoxy groups -OCH3 is 1. The molecule has 2 heterocycles. The van der Waals surface area contributed by atoms with Gasteiger partial charge in [-0.1, -0.05) is 63.1 Å². The lowest BCUT2D eigenvalue weighted by molar-refractivity contribution is -0.0761. The first-order valence-electron chi connectivity index (χ1n) is 12.0. The van der Waals surface area contributed by atoms with E-state index in [0.717, 1.165) is 0 Å². The number of anilines is 1. The number of halogens is 1. The van der Waals surface area contributed by atoms with E-state index in [0.29, 0.717) is 12.4 Å². The second kappa shape index (κ2) is 14.9. The summed E-state index contributed by atoms with van der Waals surface area (Å²) in [6, 6.07) is 0. The molecular formula is C22H41FN5O6PS2. The van der Waals surface area contributed by atoms with Crippen LogP contribution >= 0.6 is 29.4 Å². The summed E-state index contributed by atoms with van der Waals surface area (Å²) in [7, 11) is 0.196. The first-order valence-corrected chi connectivity index (χ1v) is 15.8. The van der Waals surface area contributed by atoms with E-state index in [1.54, 1.807) is 24.6 Å². The minimum absolute atomic E-state index is 0.0276. The van der Waals surface area contributed by atoms with Crippen LogP contribution in [-0.4, -0.2) is 67.9 Å². The molecule has 0 aromatic carbocycles. The predicted molar refractivity (Wildman–Crippen MR) is 149 cm³/mol. The average molecular weight is 586 g/mol. The Labute approximate surface area is 226 Å². The van der Waals surface area contributed by atoms with E-state index in [4.69, 9.17) is 24.3 Å². The number of hydrogen-bond acceptors (Lipinski definition) is 11. The lowest BCUT2D eigenvalue weighted by atomic mass is 9.94. The van der Waals surface area contributed by atoms with E-state index in [1.807, 2.05) is 13.8 Å². The van der Waals surface area contributed by atoms with Crippen molar-refractivity contribution in [1.82, 2.24) is 19.5 Å². The van der Waals surface area contributed by atoms with Crippen molar-refractivity contribution in [3.05, 3.63) is 6.33 Å². The molecule has 214 valence electrons. The van der Waals surface area contributed by atoms with Crippen LogP contribution in [0.2, 0.25) is 0 Å². The molecule has 0 aliphatic rings. The number of nitrogens with two attached hydrogens (primary N) is 1. The van der Waals surface area contributed by atoms with E-state index < -0.39 is 25.6 Å². The zero-order chi connectivity index (χ0) is 28.4. The van der Waals surface area contributed by atoms with Crippen molar-refractivity contribution in [2.24, 2.45) is 5.92 Å². The van der Waals surface area contributed by atoms with Gasteiger partial charge in [0.25, 0.3) is 0 Å². The van der Waals surface area contributed by atoms with Gasteiger partial charge in [0, 0.05) is 23.5 Å². The zero-order valence-corrected chi connectivity index (χ0v) is 25.6. The van der Waals surface area contributed by atoms with Crippen molar-refractivity contribution >= 4 is 46.5 Å². The van der Waals surface area contributed by atoms with Crippen LogP contribution in [-0.2, 0) is 24.1 Å². The molecule has 0 saturated carbocycles. The van der Waals surface area contributed by atoms with Gasteiger partial charge in [0.2, 0.25) is 11.8 Å². The number of nitrogens with zero attached hydrogens (tertiary/aromatic N) is 4. The van der Waals surface area contributed by atoms with Crippen LogP contribution in [0.5, 0.6) is 5.88 Å². The molecule has 2 unspecified atom stereocenters. The molecule has 3 N–H and O–H groups in total. The topological polar surface area (TPSA) is 144 Å². The van der Waals surface area contributed by atoms with Crippen LogP contribution in [0.15, 0.2) is 6.33 Å². The summed E-state index contributed by atoms with van der Waals surface area (Å²) < 4.78 is 50.7. The Balaban J connectivity index is 0.00000334. The van der Waals surface area contributed by atoms with Crippen LogP contribution in [0.4, 0.5) is 10.3 Å². The lowest BCUT2D eigenvalue weighted by Crippen LogP contribution is -2.41. The van der Waals surface area contributed by atoms with E-state index in [-0.39, 0.29) is 41.0 Å². The van der Waals surface area contributed by atoms with Crippen molar-refractivity contribution in [3.8, 4) is 5.88 Å². The van der Waals surface area contributed by atoms with Gasteiger partial charge in [-0.15, -0.1) is 0 Å². The number of phosphoric ester groups is 1. The molecule has 0 radical (unpaired) electrons. The van der Waals surface area contributed by atoms with Gasteiger partial charge in [0.05, 0.1) is 32.3 Å². The van der Waals surface area contributed by atoms with Crippen molar-refractivity contribution in [2.75, 3.05) is 38.4 Å². The van der Waals surface area contributed by atoms with Gasteiger partial charge >= 0.3 is 7.82 Å². The maximum atomic E-state index is 16.1. The van der Waals surface area contributed by atoms with Crippen LogP contribution < -0.4 is 10.5 Å². The highest BCUT2D eigenvalue weighted by Gasteiger charge is 2.41. The van der Waals surface area contributed by atoms with Crippen LogP contribution in [0, 0.1) is 5.92 Å². The number of alkyl halides is 1. The Morgan fingerprint density at radius 2 is 1.89 bits per heavy atom. The van der Waals surface area contributed by atoms with E-state index in [1.165, 1.54) is 35.7 Å². The number of ether oxygens (including phenoxy) is 2. The van der Waals surface area contributed by atoms with E-state index in [9.17, 15) is 9.46 Å². The van der Waals surface area contributed by atoms with Crippen LogP contribution in [0.1, 0.15) is 55.4 Å². The average Bonchev–Trinajstić information content (AvgIpc) is 3.24. The summed E-state index contributed by atoms with van der Waals surface area (Å²) in [5.74, 6) is -2.39. The Hall–Kier alpha value is -1.15. The van der Waals surface area contributed by atoms with Gasteiger partial charge < -0.3 is 20.1 Å². The fourth-order valence-electron chi connectivity index (χ4n) is 3.03. The number of imidazole rings is 1. The molecule has 0 bridgehead atoms. The summed E-state index contributed by atoms with van der Waals surface area (Å²) in [5.41, 5.74) is 6.19. The molecule has 4 atom stereocenters. The Morgan fingerprint density at radius 3 is 2.46 bits per heavy atom. The third kappa shape index (κ3) is 10.2. The van der Waals surface area contributed by atoms with Crippen molar-refractivity contribution in [2.45, 2.75) is 72.0 Å². The largest absolute Gasteiger partial charge is 0.476 e. The molecule has 0 fully saturated rings. The summed E-state index contributed by atoms with van der Waals surface area (Å²) in [6.45, 7) is 14.9. The third-order valence-corrected chi connectivity index (χ3v) is 9.25. The van der Waals surface area contributed by atoms with Gasteiger partial charge in [-0.2, -0.15) is 9.97 Å². The van der Waals surface area contributed by atoms with Crippen LogP contribution in [0.25, 0.3) is 11.2 Å². The number of nitrogen functional groups attached to an aromatic ring is 1. The number of aromatic nitrogens is 4. The van der Waals surface area contributed by atoms with Crippen molar-refractivity contribution in [1.29, 1.82) is 0 Å². The normalized spacial score (nSPS) is 16.8. The van der Waals surface area contributed by atoms with E-state index in [2.05, 4.69) is 35.7 Å². The Morgan fingerprint density at radius 1 is 1.24 bits per heavy atom. The molecule has 0 saturated heterocycles. The molecule has 0 aliphatic carbocycles. The zero-order valence-electron chi connectivity index (χ0n) is 23.1. The quantitative estimate of drug-likeness (QED) is 0.165. The minimum atomic E-state index is -4.35. The van der Waals surface area contributed by atoms with Crippen LogP contribution in [0.3, 0.4) is 0 Å². The molecule has 0 amide bonds. The summed E-state index contributed by atoms with van der Waals surface area (Å²) in [4.78, 5) is 22.4. The maximum Gasteiger partial charge on any atom is 0.472 e. The Bertz CT molecular complexity index is 1020. The highest BCUT2D eigenvalue weighted by molar-refractivity contribution is 8.77. The molecule has 2 aromatic heterocycles. The summed E-state index contributed by atoms with van der Waals surface area (Å²) >= 11 is 0. The van der Waals surface area contributed by atoms with Gasteiger partial charge in [-0.25, -0.2) is 13.9 Å². The maximum absolute atomic E-state index is 16.1. The number of phosphoric acid groups is 1. The molecular weight excluding hydrogens is 544 g/mol. The fourth-order valence-corrected chi connectivity index (χ4v) is 5.99. The summed E-state index contributed by atoms with van der Waals surface area (Å²) in [6.07, 6.45) is 0.376. The predicted octanol–water partition coefficient (Wildman–Crippen LogP) is 5.44. The Kier molecular flexibility index (Phi) is 13.6. The molecule has 11 nitrogen and oxygen atoms in total. The van der Waals surface area contributed by atoms with E-state index >= 15 is 4.39 Å². The van der Waals surface area contributed by atoms with Crippen molar-refractivity contribution in [3.63, 3.8) is 0 Å². The van der Waals surface area contributed by atoms with Gasteiger partial charge in [0.15, 0.2) is 17.0 Å². The van der Waals surface area contributed by atoms with Gasteiger partial charge in [-0.05, 0) is 13.8 Å². The second-order valence-corrected chi connectivity index (χ2v) is 13.5. The molecule has 2 rings (SSSR count). The summed E-state index contributed by atoms with van der Waals surface area (Å²) in [5, 5.41) is 0. The number of fused-ring (bicyclic) bond motifs is 1. The highest BCUT2D eigenvalue weighted by Crippen LogP contribution is 2.45. The molecule has 0 spiro atoms. The number of hydrogen-bond donors (Lipinski definition) is 2. The molecule has 37 heavy (non-hydrogen) atoms. The first-order chi connectivity index (χ1) is 17.2. The minimum Gasteiger partial charge on any atom is -0.476 e. The first kappa shape index (κ1) is 33.9. The molecule has 15 heteroatoms. The van der Waals surface area contributed by atoms with Gasteiger partial charge in [0.1, 0.15) is 0 Å². The SMILES string of the molecule is CC.CCOc1nc(N)nc2c1ncn2[C@](C)(F)[C@H](C)C(COP(=O)(O)OCCSSC(C)(C)C)OC. The van der Waals surface area contributed by atoms with Crippen molar-refractivity contribution < 1.29 is 32.4 Å². The third-order valence-electron chi connectivity index (χ3n) is 4.96. The van der Waals surface area contributed by atoms with Gasteiger partial charge in [-0.3, -0.25) is 13.6 Å².